The van der Waals surface area contributed by atoms with Gasteiger partial charge in [-0.3, -0.25) is 9.89 Å². The lowest BCUT2D eigenvalue weighted by Gasteiger charge is -2.06. The summed E-state index contributed by atoms with van der Waals surface area (Å²) in [6, 6.07) is 8.84. The molecule has 0 aliphatic carbocycles. The first-order valence-electron chi connectivity index (χ1n) is 6.81. The average Bonchev–Trinajstić information content (AvgIpc) is 2.86. The number of nitrogens with zero attached hydrogens (tertiary/aromatic N) is 2. The number of H-pyrrole nitrogens is 1. The molecule has 0 saturated heterocycles. The molecule has 0 spiro atoms. The van der Waals surface area contributed by atoms with E-state index < -0.39 is 0 Å². The molecule has 0 atom stereocenters. The summed E-state index contributed by atoms with van der Waals surface area (Å²) in [4.78, 5) is 14.1. The fraction of sp³-hybridized carbons (Fsp3) is 0.333. The lowest BCUT2D eigenvalue weighted by atomic mass is 10.2. The minimum atomic E-state index is -0.194. The molecule has 1 heterocycles. The first-order chi connectivity index (χ1) is 10.1. The van der Waals surface area contributed by atoms with Gasteiger partial charge >= 0.3 is 0 Å². The second-order valence-corrected chi connectivity index (χ2v) is 4.93. The summed E-state index contributed by atoms with van der Waals surface area (Å²) in [5, 5.41) is 9.73. The molecule has 21 heavy (non-hydrogen) atoms. The van der Waals surface area contributed by atoms with Gasteiger partial charge in [0.25, 0.3) is 5.91 Å². The lowest BCUT2D eigenvalue weighted by molar-refractivity contribution is 0.102. The molecule has 1 aromatic carbocycles. The molecule has 0 aliphatic heterocycles. The number of anilines is 1. The Morgan fingerprint density at radius 3 is 2.67 bits per heavy atom. The van der Waals surface area contributed by atoms with Gasteiger partial charge in [0.2, 0.25) is 0 Å². The largest absolute Gasteiger partial charge is 0.494 e. The number of hydrogen-bond acceptors (Lipinski definition) is 4. The van der Waals surface area contributed by atoms with Crippen molar-refractivity contribution in [2.45, 2.75) is 13.5 Å². The predicted molar refractivity (Wildman–Crippen MR) is 81.5 cm³/mol. The molecule has 0 unspecified atom stereocenters. The summed E-state index contributed by atoms with van der Waals surface area (Å²) in [6.45, 7) is 3.27. The smallest absolute Gasteiger partial charge is 0.256 e. The molecule has 0 radical (unpaired) electrons. The normalized spacial score (nSPS) is 10.7. The van der Waals surface area contributed by atoms with Crippen molar-refractivity contribution in [3.63, 3.8) is 0 Å². The second kappa shape index (κ2) is 6.90. The SMILES string of the molecule is CCOc1ccc(C(=O)Nc2cc(CN(C)C)[nH]n2)cc1. The molecular formula is C15H20N4O2. The maximum atomic E-state index is 12.1. The topological polar surface area (TPSA) is 70.2 Å². The molecule has 1 aromatic heterocycles. The standard InChI is InChI=1S/C15H20N4O2/c1-4-21-13-7-5-11(6-8-13)15(20)16-14-9-12(17-18-14)10-19(2)3/h5-9H,4,10H2,1-3H3,(H2,16,17,18,20). The third-order valence-electron chi connectivity index (χ3n) is 2.79. The molecule has 2 N–H and O–H groups in total. The van der Waals surface area contributed by atoms with Gasteiger partial charge in [0.1, 0.15) is 5.75 Å². The number of ether oxygens (including phenoxy) is 1. The van der Waals surface area contributed by atoms with E-state index in [4.69, 9.17) is 4.74 Å². The second-order valence-electron chi connectivity index (χ2n) is 4.93. The van der Waals surface area contributed by atoms with Crippen LogP contribution in [0.3, 0.4) is 0 Å². The predicted octanol–water partition coefficient (Wildman–Crippen LogP) is 2.12. The number of hydrogen-bond donors (Lipinski definition) is 2. The highest BCUT2D eigenvalue weighted by atomic mass is 16.5. The summed E-state index contributed by atoms with van der Waals surface area (Å²) < 4.78 is 5.35. The van der Waals surface area contributed by atoms with Crippen LogP contribution in [0.15, 0.2) is 30.3 Å². The van der Waals surface area contributed by atoms with E-state index in [9.17, 15) is 4.79 Å². The monoisotopic (exact) mass is 288 g/mol. The molecule has 0 saturated carbocycles. The Morgan fingerprint density at radius 1 is 1.33 bits per heavy atom. The molecule has 2 aromatic rings. The van der Waals surface area contributed by atoms with Crippen LogP contribution in [0.25, 0.3) is 0 Å². The number of carbonyl (C=O) groups is 1. The molecule has 6 heteroatoms. The van der Waals surface area contributed by atoms with Crippen molar-refractivity contribution in [2.24, 2.45) is 0 Å². The Balaban J connectivity index is 1.98. The van der Waals surface area contributed by atoms with Gasteiger partial charge in [0.05, 0.1) is 12.3 Å². The highest BCUT2D eigenvalue weighted by Crippen LogP contribution is 2.14. The summed E-state index contributed by atoms with van der Waals surface area (Å²) in [7, 11) is 3.94. The number of carbonyl (C=O) groups excluding carboxylic acids is 1. The van der Waals surface area contributed by atoms with Crippen molar-refractivity contribution in [1.82, 2.24) is 15.1 Å². The van der Waals surface area contributed by atoms with Crippen molar-refractivity contribution >= 4 is 11.7 Å². The molecule has 0 aliphatic rings. The van der Waals surface area contributed by atoms with Crippen molar-refractivity contribution in [3.05, 3.63) is 41.6 Å². The van der Waals surface area contributed by atoms with E-state index in [1.54, 1.807) is 24.3 Å². The Labute approximate surface area is 124 Å². The molecule has 112 valence electrons. The summed E-state index contributed by atoms with van der Waals surface area (Å²) >= 11 is 0. The Hall–Kier alpha value is -2.34. The highest BCUT2D eigenvalue weighted by molar-refractivity contribution is 6.03. The van der Waals surface area contributed by atoms with Gasteiger partial charge in [-0.15, -0.1) is 0 Å². The van der Waals surface area contributed by atoms with Gasteiger partial charge in [0.15, 0.2) is 5.82 Å². The maximum Gasteiger partial charge on any atom is 0.256 e. The van der Waals surface area contributed by atoms with Gasteiger partial charge < -0.3 is 15.0 Å². The van der Waals surface area contributed by atoms with Crippen LogP contribution >= 0.6 is 0 Å². The Morgan fingerprint density at radius 2 is 2.05 bits per heavy atom. The molecule has 1 amide bonds. The third kappa shape index (κ3) is 4.32. The van der Waals surface area contributed by atoms with E-state index in [-0.39, 0.29) is 5.91 Å². The highest BCUT2D eigenvalue weighted by Gasteiger charge is 2.09. The van der Waals surface area contributed by atoms with Crippen LogP contribution in [0.1, 0.15) is 23.0 Å². The zero-order valence-electron chi connectivity index (χ0n) is 12.5. The Bertz CT molecular complexity index is 590. The van der Waals surface area contributed by atoms with Gasteiger partial charge in [0, 0.05) is 18.2 Å². The lowest BCUT2D eigenvalue weighted by Crippen LogP contribution is -2.12. The number of nitrogens with one attached hydrogen (secondary N) is 2. The van der Waals surface area contributed by atoms with E-state index in [2.05, 4.69) is 15.5 Å². The van der Waals surface area contributed by atoms with Crippen molar-refractivity contribution in [2.75, 3.05) is 26.0 Å². The zero-order chi connectivity index (χ0) is 15.2. The van der Waals surface area contributed by atoms with Crippen LogP contribution in [-0.2, 0) is 6.54 Å². The van der Waals surface area contributed by atoms with Crippen molar-refractivity contribution in [1.29, 1.82) is 0 Å². The fourth-order valence-corrected chi connectivity index (χ4v) is 1.91. The van der Waals surface area contributed by atoms with Crippen LogP contribution in [0.2, 0.25) is 0 Å². The summed E-state index contributed by atoms with van der Waals surface area (Å²) in [6.07, 6.45) is 0. The van der Waals surface area contributed by atoms with Crippen molar-refractivity contribution in [3.8, 4) is 5.75 Å². The minimum Gasteiger partial charge on any atom is -0.494 e. The van der Waals surface area contributed by atoms with E-state index in [0.29, 0.717) is 18.0 Å². The quantitative estimate of drug-likeness (QED) is 0.854. The Kier molecular flexibility index (Phi) is 4.94. The van der Waals surface area contributed by atoms with Crippen LogP contribution in [-0.4, -0.2) is 41.7 Å². The first kappa shape index (κ1) is 15.1. The average molecular weight is 288 g/mol. The fourth-order valence-electron chi connectivity index (χ4n) is 1.91. The van der Waals surface area contributed by atoms with Crippen LogP contribution < -0.4 is 10.1 Å². The summed E-state index contributed by atoms with van der Waals surface area (Å²) in [5.74, 6) is 1.08. The maximum absolute atomic E-state index is 12.1. The number of benzene rings is 1. The number of aromatic amines is 1. The van der Waals surface area contributed by atoms with E-state index in [0.717, 1.165) is 18.0 Å². The molecule has 0 bridgehead atoms. The van der Waals surface area contributed by atoms with Crippen LogP contribution in [0, 0.1) is 0 Å². The van der Waals surface area contributed by atoms with Gasteiger partial charge in [-0.1, -0.05) is 0 Å². The number of aromatic nitrogens is 2. The van der Waals surface area contributed by atoms with Gasteiger partial charge in [-0.05, 0) is 45.3 Å². The van der Waals surface area contributed by atoms with Crippen molar-refractivity contribution < 1.29 is 9.53 Å². The summed E-state index contributed by atoms with van der Waals surface area (Å²) in [5.41, 5.74) is 1.51. The van der Waals surface area contributed by atoms with Gasteiger partial charge in [-0.2, -0.15) is 5.10 Å². The third-order valence-corrected chi connectivity index (χ3v) is 2.79. The van der Waals surface area contributed by atoms with E-state index in [1.165, 1.54) is 0 Å². The molecule has 6 nitrogen and oxygen atoms in total. The van der Waals surface area contributed by atoms with Gasteiger partial charge in [-0.25, -0.2) is 0 Å². The minimum absolute atomic E-state index is 0.194. The number of amides is 1. The molecular weight excluding hydrogens is 268 g/mol. The zero-order valence-corrected chi connectivity index (χ0v) is 12.5. The molecule has 0 fully saturated rings. The van der Waals surface area contributed by atoms with E-state index in [1.807, 2.05) is 32.0 Å². The van der Waals surface area contributed by atoms with Crippen LogP contribution in [0.5, 0.6) is 5.75 Å². The molecule has 2 rings (SSSR count). The first-order valence-corrected chi connectivity index (χ1v) is 6.81. The van der Waals surface area contributed by atoms with Crippen LogP contribution in [0.4, 0.5) is 5.82 Å². The van der Waals surface area contributed by atoms with E-state index >= 15 is 0 Å². The number of rotatable bonds is 6.